The second-order valence-corrected chi connectivity index (χ2v) is 11.0. The molecule has 7 nitrogen and oxygen atoms in total. The number of carbonyl (C=O) groups is 1. The minimum atomic E-state index is -3.81. The molecule has 3 rings (SSSR count). The van der Waals surface area contributed by atoms with Crippen LogP contribution < -0.4 is 0 Å². The number of urea groups is 1. The lowest BCUT2D eigenvalue weighted by Crippen LogP contribution is -2.75. The van der Waals surface area contributed by atoms with E-state index in [1.54, 1.807) is 9.80 Å². The molecule has 0 spiro atoms. The van der Waals surface area contributed by atoms with Crippen molar-refractivity contribution in [2.45, 2.75) is 64.3 Å². The minimum Gasteiger partial charge on any atom is -0.408 e. The third-order valence-corrected chi connectivity index (χ3v) is 9.52. The predicted octanol–water partition coefficient (Wildman–Crippen LogP) is 2.17. The van der Waals surface area contributed by atoms with Crippen molar-refractivity contribution in [2.24, 2.45) is 0 Å². The van der Waals surface area contributed by atoms with Crippen molar-refractivity contribution >= 4 is 14.6 Å². The number of rotatable bonds is 8. The summed E-state index contributed by atoms with van der Waals surface area (Å²) in [6, 6.07) is 14.4. The van der Waals surface area contributed by atoms with Gasteiger partial charge >= 0.3 is 14.6 Å². The lowest BCUT2D eigenvalue weighted by molar-refractivity contribution is 0.0803. The minimum absolute atomic E-state index is 0.0508. The molecule has 1 saturated heterocycles. The first kappa shape index (κ1) is 23.4. The monoisotopic (exact) mass is 444 g/mol. The molecular formula is C23H32N2O5Si. The standard InChI is InChI=1S/C23H32N2O5Si/c1-3-21-24(13-17-5-9-19(15-26)10-6-17)23(28)25(22(4-2)31(21,29)30)14-18-7-11-20(16-27)12-8-18/h5-12,21-22,26-27,29-30H,3-4,13-16H2,1-2H3/t21-,22?/m0/s1. The first-order valence-corrected chi connectivity index (χ1v) is 12.8. The van der Waals surface area contributed by atoms with E-state index in [9.17, 15) is 24.6 Å². The molecule has 1 heterocycles. The molecule has 0 aromatic heterocycles. The molecule has 31 heavy (non-hydrogen) atoms. The zero-order valence-corrected chi connectivity index (χ0v) is 19.1. The Balaban J connectivity index is 1.92. The van der Waals surface area contributed by atoms with Crippen molar-refractivity contribution < 1.29 is 24.6 Å². The summed E-state index contributed by atoms with van der Waals surface area (Å²) in [6.07, 6.45) is 0.935. The average molecular weight is 445 g/mol. The first-order chi connectivity index (χ1) is 14.8. The highest BCUT2D eigenvalue weighted by atomic mass is 28.4. The Morgan fingerprint density at radius 3 is 1.32 bits per heavy atom. The van der Waals surface area contributed by atoms with Crippen LogP contribution in [0.5, 0.6) is 0 Å². The zero-order chi connectivity index (χ0) is 22.6. The lowest BCUT2D eigenvalue weighted by atomic mass is 10.1. The van der Waals surface area contributed by atoms with Crippen LogP contribution in [0.3, 0.4) is 0 Å². The fourth-order valence-electron chi connectivity index (χ4n) is 4.40. The lowest BCUT2D eigenvalue weighted by Gasteiger charge is -2.51. The topological polar surface area (TPSA) is 104 Å². The molecule has 1 aliphatic heterocycles. The van der Waals surface area contributed by atoms with Gasteiger partial charge in [-0.1, -0.05) is 62.4 Å². The fourth-order valence-corrected chi connectivity index (χ4v) is 7.37. The van der Waals surface area contributed by atoms with E-state index in [1.807, 2.05) is 62.4 Å². The van der Waals surface area contributed by atoms with Gasteiger partial charge < -0.3 is 29.6 Å². The molecule has 2 atom stereocenters. The van der Waals surface area contributed by atoms with Gasteiger partial charge in [-0.2, -0.15) is 0 Å². The summed E-state index contributed by atoms with van der Waals surface area (Å²) in [5, 5.41) is 18.5. The van der Waals surface area contributed by atoms with E-state index in [1.165, 1.54) is 0 Å². The van der Waals surface area contributed by atoms with E-state index >= 15 is 0 Å². The average Bonchev–Trinajstić information content (AvgIpc) is 2.78. The Kier molecular flexibility index (Phi) is 7.50. The Bertz CT molecular complexity index is 803. The molecule has 1 aliphatic rings. The van der Waals surface area contributed by atoms with Crippen molar-refractivity contribution in [1.82, 2.24) is 9.80 Å². The molecule has 8 heteroatoms. The SMILES string of the molecule is CCC1N(Cc2ccc(CO)cc2)C(=O)N(Cc2ccc(CO)cc2)[C@H](CC)[Si]1(O)O. The second-order valence-electron chi connectivity index (χ2n) is 8.12. The molecule has 4 N–H and O–H groups in total. The van der Waals surface area contributed by atoms with E-state index in [4.69, 9.17) is 0 Å². The molecule has 2 aromatic carbocycles. The maximum atomic E-state index is 13.6. The highest BCUT2D eigenvalue weighted by Gasteiger charge is 2.57. The van der Waals surface area contributed by atoms with E-state index in [-0.39, 0.29) is 32.3 Å². The quantitative estimate of drug-likeness (QED) is 0.467. The predicted molar refractivity (Wildman–Crippen MR) is 120 cm³/mol. The number of amides is 2. The van der Waals surface area contributed by atoms with Crippen molar-refractivity contribution in [2.75, 3.05) is 0 Å². The number of nitrogens with zero attached hydrogens (tertiary/aromatic N) is 2. The van der Waals surface area contributed by atoms with Crippen LogP contribution in [0.2, 0.25) is 0 Å². The second kappa shape index (κ2) is 9.93. The maximum Gasteiger partial charge on any atom is 0.379 e. The summed E-state index contributed by atoms with van der Waals surface area (Å²) in [6.45, 7) is 4.20. The number of aliphatic hydroxyl groups excluding tert-OH is 2. The van der Waals surface area contributed by atoms with Gasteiger partial charge in [0.15, 0.2) is 0 Å². The maximum absolute atomic E-state index is 13.6. The molecule has 2 aromatic rings. The molecule has 0 bridgehead atoms. The van der Waals surface area contributed by atoms with Gasteiger partial charge in [-0.05, 0) is 35.1 Å². The first-order valence-electron chi connectivity index (χ1n) is 10.7. The van der Waals surface area contributed by atoms with Crippen LogP contribution in [-0.2, 0) is 26.3 Å². The van der Waals surface area contributed by atoms with Gasteiger partial charge in [0.25, 0.3) is 0 Å². The van der Waals surface area contributed by atoms with Gasteiger partial charge in [-0.3, -0.25) is 0 Å². The van der Waals surface area contributed by atoms with Gasteiger partial charge in [0.2, 0.25) is 0 Å². The van der Waals surface area contributed by atoms with Crippen LogP contribution in [0.4, 0.5) is 4.79 Å². The fraction of sp³-hybridized carbons (Fsp3) is 0.435. The summed E-state index contributed by atoms with van der Waals surface area (Å²) in [7, 11) is -3.81. The third-order valence-electron chi connectivity index (χ3n) is 6.12. The Morgan fingerprint density at radius 2 is 1.03 bits per heavy atom. The van der Waals surface area contributed by atoms with Crippen LogP contribution in [-0.4, -0.2) is 55.5 Å². The Morgan fingerprint density at radius 1 is 0.710 bits per heavy atom. The Labute approximate surface area is 184 Å². The van der Waals surface area contributed by atoms with Crippen LogP contribution in [0, 0.1) is 0 Å². The van der Waals surface area contributed by atoms with Crippen LogP contribution >= 0.6 is 0 Å². The summed E-state index contributed by atoms with van der Waals surface area (Å²) in [5.74, 6) is 0. The summed E-state index contributed by atoms with van der Waals surface area (Å²) in [5.41, 5.74) is 2.11. The smallest absolute Gasteiger partial charge is 0.379 e. The summed E-state index contributed by atoms with van der Waals surface area (Å²) in [4.78, 5) is 39.3. The molecule has 0 radical (unpaired) electrons. The molecule has 0 saturated carbocycles. The number of hydrogen-bond donors (Lipinski definition) is 4. The van der Waals surface area contributed by atoms with E-state index < -0.39 is 19.9 Å². The number of hydrogen-bond acceptors (Lipinski definition) is 5. The zero-order valence-electron chi connectivity index (χ0n) is 18.1. The van der Waals surface area contributed by atoms with Gasteiger partial charge in [0, 0.05) is 13.1 Å². The number of aliphatic hydroxyl groups is 2. The summed E-state index contributed by atoms with van der Waals surface area (Å²) < 4.78 is 0. The number of benzene rings is 2. The Hall–Kier alpha value is -2.23. The van der Waals surface area contributed by atoms with Crippen LogP contribution in [0.1, 0.15) is 48.9 Å². The molecule has 1 fully saturated rings. The van der Waals surface area contributed by atoms with Crippen LogP contribution in [0.15, 0.2) is 48.5 Å². The van der Waals surface area contributed by atoms with E-state index in [0.717, 1.165) is 22.3 Å². The molecule has 1 unspecified atom stereocenters. The van der Waals surface area contributed by atoms with Crippen molar-refractivity contribution in [3.05, 3.63) is 70.8 Å². The van der Waals surface area contributed by atoms with Crippen molar-refractivity contribution in [3.63, 3.8) is 0 Å². The number of carbonyl (C=O) groups excluding carboxylic acids is 1. The normalized spacial score (nSPS) is 20.9. The molecule has 2 amide bonds. The highest BCUT2D eigenvalue weighted by Crippen LogP contribution is 2.32. The van der Waals surface area contributed by atoms with Gasteiger partial charge in [0.1, 0.15) is 0 Å². The van der Waals surface area contributed by atoms with Crippen LogP contribution in [0.25, 0.3) is 0 Å². The highest BCUT2D eigenvalue weighted by molar-refractivity contribution is 6.69. The van der Waals surface area contributed by atoms with Crippen molar-refractivity contribution in [3.8, 4) is 0 Å². The van der Waals surface area contributed by atoms with Gasteiger partial charge in [-0.25, -0.2) is 4.79 Å². The molecule has 0 aliphatic carbocycles. The van der Waals surface area contributed by atoms with Gasteiger partial charge in [-0.15, -0.1) is 0 Å². The van der Waals surface area contributed by atoms with E-state index in [0.29, 0.717) is 12.8 Å². The van der Waals surface area contributed by atoms with Crippen molar-refractivity contribution in [1.29, 1.82) is 0 Å². The summed E-state index contributed by atoms with van der Waals surface area (Å²) >= 11 is 0. The van der Waals surface area contributed by atoms with E-state index in [2.05, 4.69) is 0 Å². The third kappa shape index (κ3) is 4.83. The largest absolute Gasteiger partial charge is 0.408 e. The van der Waals surface area contributed by atoms with Gasteiger partial charge in [0.05, 0.1) is 24.5 Å². The molecular weight excluding hydrogens is 412 g/mol. The molecule has 168 valence electrons.